The summed E-state index contributed by atoms with van der Waals surface area (Å²) in [5.74, 6) is -0.125. The molecule has 1 atom stereocenters. The molecule has 44 heavy (non-hydrogen) atoms. The van der Waals surface area contributed by atoms with Gasteiger partial charge in [-0.1, -0.05) is 29.5 Å². The molecule has 4 heterocycles. The number of benzene rings is 2. The van der Waals surface area contributed by atoms with Crippen molar-refractivity contribution < 1.29 is 28.2 Å². The first-order valence-electron chi connectivity index (χ1n) is 14.7. The second-order valence-electron chi connectivity index (χ2n) is 10.9. The Morgan fingerprint density at radius 1 is 1.11 bits per heavy atom. The molecule has 2 aromatic carbocycles. The van der Waals surface area contributed by atoms with Gasteiger partial charge in [-0.3, -0.25) is 14.3 Å². The largest absolute Gasteiger partial charge is 0.496 e. The number of ether oxygens (including phenoxy) is 3. The molecule has 0 spiro atoms. The summed E-state index contributed by atoms with van der Waals surface area (Å²) >= 11 is 0. The third-order valence-corrected chi connectivity index (χ3v) is 8.13. The van der Waals surface area contributed by atoms with E-state index in [0.717, 1.165) is 11.1 Å². The van der Waals surface area contributed by atoms with Crippen LogP contribution in [0.5, 0.6) is 5.75 Å². The van der Waals surface area contributed by atoms with Gasteiger partial charge in [-0.25, -0.2) is 4.39 Å². The number of rotatable bonds is 9. The third-order valence-electron chi connectivity index (χ3n) is 8.13. The molecule has 2 aliphatic heterocycles. The van der Waals surface area contributed by atoms with E-state index in [2.05, 4.69) is 15.3 Å². The van der Waals surface area contributed by atoms with Crippen molar-refractivity contribution >= 4 is 28.3 Å². The Hall–Kier alpha value is -4.55. The molecular formula is C32H35FN6O5. The van der Waals surface area contributed by atoms with Crippen LogP contribution >= 0.6 is 0 Å². The molecule has 12 heteroatoms. The molecule has 2 amide bonds. The molecule has 2 aliphatic rings. The van der Waals surface area contributed by atoms with Crippen molar-refractivity contribution in [2.45, 2.75) is 25.5 Å². The van der Waals surface area contributed by atoms with E-state index in [0.29, 0.717) is 68.1 Å². The van der Waals surface area contributed by atoms with Crippen molar-refractivity contribution in [2.24, 2.45) is 0 Å². The molecule has 0 saturated carbocycles. The normalized spacial score (nSPS) is 17.2. The SMILES string of the molecule is COCC1CN(C(=O)c2cc3c(-c4ccccc4OC)cc(C4=CCCN(C(=O)CCn5ccnn5)C4)c(F)c3[nH]2)CCO1. The summed E-state index contributed by atoms with van der Waals surface area (Å²) in [6, 6.07) is 11.0. The summed E-state index contributed by atoms with van der Waals surface area (Å²) in [6.45, 7) is 2.81. The molecule has 230 valence electrons. The van der Waals surface area contributed by atoms with Crippen LogP contribution in [0.15, 0.2) is 54.9 Å². The fraction of sp³-hybridized carbons (Fsp3) is 0.375. The molecule has 1 N–H and O–H groups in total. The molecule has 1 fully saturated rings. The Morgan fingerprint density at radius 2 is 1.98 bits per heavy atom. The zero-order valence-electron chi connectivity index (χ0n) is 24.8. The minimum absolute atomic E-state index is 0.0393. The number of fused-ring (bicyclic) bond motifs is 1. The Labute approximate surface area is 254 Å². The highest BCUT2D eigenvalue weighted by atomic mass is 19.1. The van der Waals surface area contributed by atoms with Gasteiger partial charge in [0.25, 0.3) is 5.91 Å². The number of morpholine rings is 1. The predicted octanol–water partition coefficient (Wildman–Crippen LogP) is 3.77. The number of aryl methyl sites for hydroxylation is 1. The van der Waals surface area contributed by atoms with Crippen LogP contribution in [-0.2, 0) is 20.8 Å². The number of nitrogens with one attached hydrogen (secondary N) is 1. The molecule has 6 rings (SSSR count). The summed E-state index contributed by atoms with van der Waals surface area (Å²) in [5.41, 5.74) is 3.08. The minimum atomic E-state index is -0.472. The zero-order valence-corrected chi connectivity index (χ0v) is 24.8. The third kappa shape index (κ3) is 5.95. The number of hydrogen-bond donors (Lipinski definition) is 1. The first-order valence-corrected chi connectivity index (χ1v) is 14.7. The number of amides is 2. The van der Waals surface area contributed by atoms with E-state index in [-0.39, 0.29) is 42.1 Å². The second-order valence-corrected chi connectivity index (χ2v) is 10.9. The van der Waals surface area contributed by atoms with Gasteiger partial charge >= 0.3 is 0 Å². The summed E-state index contributed by atoms with van der Waals surface area (Å²) in [4.78, 5) is 33.3. The predicted molar refractivity (Wildman–Crippen MR) is 162 cm³/mol. The van der Waals surface area contributed by atoms with Gasteiger partial charge < -0.3 is 29.0 Å². The number of nitrogens with zero attached hydrogens (tertiary/aromatic N) is 5. The van der Waals surface area contributed by atoms with Gasteiger partial charge in [-0.15, -0.1) is 5.10 Å². The fourth-order valence-electron chi connectivity index (χ4n) is 5.93. The lowest BCUT2D eigenvalue weighted by Crippen LogP contribution is -2.47. The number of halogens is 1. The molecular weight excluding hydrogens is 567 g/mol. The van der Waals surface area contributed by atoms with Gasteiger partial charge in [0.05, 0.1) is 44.7 Å². The van der Waals surface area contributed by atoms with Crippen molar-refractivity contribution in [3.05, 3.63) is 71.9 Å². The number of aromatic amines is 1. The highest BCUT2D eigenvalue weighted by Gasteiger charge is 2.29. The van der Waals surface area contributed by atoms with Crippen molar-refractivity contribution in [1.82, 2.24) is 29.8 Å². The summed E-state index contributed by atoms with van der Waals surface area (Å²) < 4.78 is 34.7. The summed E-state index contributed by atoms with van der Waals surface area (Å²) in [7, 11) is 3.19. The van der Waals surface area contributed by atoms with Crippen LogP contribution in [-0.4, -0.2) is 101 Å². The molecule has 2 aromatic heterocycles. The maximum absolute atomic E-state index is 16.5. The van der Waals surface area contributed by atoms with Crippen molar-refractivity contribution in [2.75, 3.05) is 53.6 Å². The smallest absolute Gasteiger partial charge is 0.270 e. The van der Waals surface area contributed by atoms with Gasteiger partial charge in [0.1, 0.15) is 11.4 Å². The molecule has 4 aromatic rings. The standard InChI is InChI=1S/C32H35FN6O5/c1-42-20-22-19-38(14-15-44-22)32(41)27-17-26-25(23-7-3-4-8-28(23)43-2)16-24(30(33)31(26)35-27)21-6-5-11-37(18-21)29(40)9-12-39-13-10-34-36-39/h3-4,6-8,10,13,16-17,22,35H,5,9,11-12,14-15,18-20H2,1-2H3. The number of carbonyl (C=O) groups excluding carboxylic acids is 2. The maximum Gasteiger partial charge on any atom is 0.270 e. The topological polar surface area (TPSA) is 115 Å². The van der Waals surface area contributed by atoms with Gasteiger partial charge in [0.15, 0.2) is 5.82 Å². The Morgan fingerprint density at radius 3 is 2.77 bits per heavy atom. The first kappa shape index (κ1) is 29.5. The van der Waals surface area contributed by atoms with Crippen molar-refractivity contribution in [1.29, 1.82) is 0 Å². The number of methoxy groups -OCH3 is 2. The van der Waals surface area contributed by atoms with E-state index >= 15 is 4.39 Å². The molecule has 1 unspecified atom stereocenters. The Kier molecular flexibility index (Phi) is 8.71. The quantitative estimate of drug-likeness (QED) is 0.310. The monoisotopic (exact) mass is 602 g/mol. The average Bonchev–Trinajstić information content (AvgIpc) is 3.75. The Bertz CT molecular complexity index is 1680. The van der Waals surface area contributed by atoms with Crippen LogP contribution in [0.4, 0.5) is 4.39 Å². The van der Waals surface area contributed by atoms with Crippen molar-refractivity contribution in [3.63, 3.8) is 0 Å². The number of aromatic nitrogens is 4. The van der Waals surface area contributed by atoms with E-state index in [1.807, 2.05) is 30.3 Å². The molecule has 0 bridgehead atoms. The zero-order chi connectivity index (χ0) is 30.6. The Balaban J connectivity index is 1.36. The van der Waals surface area contributed by atoms with E-state index < -0.39 is 5.82 Å². The highest BCUT2D eigenvalue weighted by Crippen LogP contribution is 2.40. The lowest BCUT2D eigenvalue weighted by atomic mass is 9.93. The number of carbonyl (C=O) groups is 2. The van der Waals surface area contributed by atoms with Crippen LogP contribution in [0.25, 0.3) is 27.6 Å². The van der Waals surface area contributed by atoms with Gasteiger partial charge in [0, 0.05) is 62.4 Å². The van der Waals surface area contributed by atoms with Crippen molar-refractivity contribution in [3.8, 4) is 16.9 Å². The van der Waals surface area contributed by atoms with Gasteiger partial charge in [-0.2, -0.15) is 0 Å². The van der Waals surface area contributed by atoms with E-state index in [9.17, 15) is 9.59 Å². The average molecular weight is 603 g/mol. The first-order chi connectivity index (χ1) is 21.5. The summed E-state index contributed by atoms with van der Waals surface area (Å²) in [5, 5.41) is 8.28. The van der Waals surface area contributed by atoms with Crippen LogP contribution < -0.4 is 4.74 Å². The van der Waals surface area contributed by atoms with Crippen LogP contribution in [0.3, 0.4) is 0 Å². The van der Waals surface area contributed by atoms with Gasteiger partial charge in [-0.05, 0) is 35.8 Å². The molecule has 0 radical (unpaired) electrons. The highest BCUT2D eigenvalue weighted by molar-refractivity contribution is 6.05. The molecule has 11 nitrogen and oxygen atoms in total. The maximum atomic E-state index is 16.5. The number of hydrogen-bond acceptors (Lipinski definition) is 7. The molecule has 0 aliphatic carbocycles. The van der Waals surface area contributed by atoms with Crippen LogP contribution in [0.2, 0.25) is 0 Å². The number of H-pyrrole nitrogens is 1. The van der Waals surface area contributed by atoms with Gasteiger partial charge in [0.2, 0.25) is 5.91 Å². The fourth-order valence-corrected chi connectivity index (χ4v) is 5.93. The van der Waals surface area contributed by atoms with E-state index in [1.165, 1.54) is 0 Å². The van der Waals surface area contributed by atoms with Crippen LogP contribution in [0, 0.1) is 5.82 Å². The van der Waals surface area contributed by atoms with Crippen LogP contribution in [0.1, 0.15) is 28.9 Å². The lowest BCUT2D eigenvalue weighted by molar-refractivity contribution is -0.131. The minimum Gasteiger partial charge on any atom is -0.496 e. The number of para-hydroxylation sites is 1. The molecule has 1 saturated heterocycles. The van der Waals surface area contributed by atoms with E-state index in [4.69, 9.17) is 14.2 Å². The lowest BCUT2D eigenvalue weighted by Gasteiger charge is -2.32. The summed E-state index contributed by atoms with van der Waals surface area (Å²) in [6.07, 6.45) is 5.90. The second kappa shape index (κ2) is 13.0. The van der Waals surface area contributed by atoms with E-state index in [1.54, 1.807) is 53.2 Å².